The van der Waals surface area contributed by atoms with Crippen LogP contribution in [-0.4, -0.2) is 14.5 Å². The second-order valence-corrected chi connectivity index (χ2v) is 11.8. The Morgan fingerprint density at radius 2 is 1.11 bits per heavy atom. The number of hydrogen-bond acceptors (Lipinski definition) is 2. The van der Waals surface area contributed by atoms with Crippen LogP contribution in [-0.2, 0) is 0 Å². The lowest BCUT2D eigenvalue weighted by Crippen LogP contribution is -1.98. The van der Waals surface area contributed by atoms with Gasteiger partial charge in [-0.2, -0.15) is 0 Å². The number of rotatable bonds is 4. The molecule has 0 spiro atoms. The van der Waals surface area contributed by atoms with Crippen LogP contribution in [0.25, 0.3) is 82.7 Å². The van der Waals surface area contributed by atoms with Crippen molar-refractivity contribution in [3.8, 4) is 39.2 Å². The second kappa shape index (κ2) is 10.5. The van der Waals surface area contributed by atoms with Crippen molar-refractivity contribution >= 4 is 43.5 Å². The Morgan fingerprint density at radius 1 is 0.435 bits per heavy atom. The summed E-state index contributed by atoms with van der Waals surface area (Å²) in [7, 11) is 0. The van der Waals surface area contributed by atoms with Gasteiger partial charge >= 0.3 is 0 Å². The second-order valence-electron chi connectivity index (χ2n) is 11.8. The summed E-state index contributed by atoms with van der Waals surface area (Å²) < 4.78 is 2.26. The molecule has 9 rings (SSSR count). The first-order valence-electron chi connectivity index (χ1n) is 15.7. The van der Waals surface area contributed by atoms with Gasteiger partial charge in [0.2, 0.25) is 0 Å². The number of hydrogen-bond donors (Lipinski definition) is 0. The molecule has 0 saturated heterocycles. The lowest BCUT2D eigenvalue weighted by molar-refractivity contribution is 1.00. The third-order valence-electron chi connectivity index (χ3n) is 9.10. The molecule has 2 aromatic heterocycles. The van der Waals surface area contributed by atoms with Gasteiger partial charge in [0.05, 0.1) is 22.2 Å². The van der Waals surface area contributed by atoms with Crippen LogP contribution in [0.5, 0.6) is 0 Å². The van der Waals surface area contributed by atoms with Gasteiger partial charge < -0.3 is 0 Å². The zero-order chi connectivity index (χ0) is 30.6. The molecule has 0 radical (unpaired) electrons. The van der Waals surface area contributed by atoms with Crippen molar-refractivity contribution in [2.75, 3.05) is 0 Å². The smallest absolute Gasteiger partial charge is 0.111 e. The number of imidazole rings is 1. The molecular weight excluding hydrogens is 558 g/mol. The summed E-state index contributed by atoms with van der Waals surface area (Å²) in [5, 5.41) is 6.03. The van der Waals surface area contributed by atoms with E-state index in [0.29, 0.717) is 0 Å². The number of benzene rings is 7. The molecule has 0 aliphatic carbocycles. The van der Waals surface area contributed by atoms with Crippen LogP contribution in [0.4, 0.5) is 0 Å². The largest absolute Gasteiger partial charge is 0.297 e. The fourth-order valence-corrected chi connectivity index (χ4v) is 7.06. The Balaban J connectivity index is 1.34. The molecule has 0 aliphatic heterocycles. The molecule has 9 aromatic rings. The first-order chi connectivity index (χ1) is 22.7. The molecule has 3 nitrogen and oxygen atoms in total. The SMILES string of the molecule is Cc1nc2ccccc2n1-c1cccc(-c2c3ccccc3c(-c3ccccc3)c3cc(-c4ccc5ccccc5n4)ccc23)c1. The first-order valence-corrected chi connectivity index (χ1v) is 15.7. The highest BCUT2D eigenvalue weighted by atomic mass is 15.1. The summed E-state index contributed by atoms with van der Waals surface area (Å²) in [5.74, 6) is 0.972. The van der Waals surface area contributed by atoms with E-state index in [2.05, 4.69) is 157 Å². The Kier molecular flexibility index (Phi) is 6.04. The number of fused-ring (bicyclic) bond motifs is 4. The number of pyridine rings is 1. The van der Waals surface area contributed by atoms with E-state index >= 15 is 0 Å². The van der Waals surface area contributed by atoms with Gasteiger partial charge in [0.25, 0.3) is 0 Å². The summed E-state index contributed by atoms with van der Waals surface area (Å²) in [6.45, 7) is 2.08. The lowest BCUT2D eigenvalue weighted by Gasteiger charge is -2.19. The summed E-state index contributed by atoms with van der Waals surface area (Å²) in [5.41, 5.74) is 11.1. The molecule has 3 heteroatoms. The molecule has 0 amide bonds. The fraction of sp³-hybridized carbons (Fsp3) is 0.0233. The van der Waals surface area contributed by atoms with E-state index in [4.69, 9.17) is 9.97 Å². The van der Waals surface area contributed by atoms with Crippen LogP contribution in [0, 0.1) is 6.92 Å². The van der Waals surface area contributed by atoms with E-state index in [0.717, 1.165) is 44.7 Å². The van der Waals surface area contributed by atoms with Crippen molar-refractivity contribution in [3.63, 3.8) is 0 Å². The molecule has 0 aliphatic rings. The van der Waals surface area contributed by atoms with Gasteiger partial charge in [0.15, 0.2) is 0 Å². The van der Waals surface area contributed by atoms with Crippen LogP contribution in [0.3, 0.4) is 0 Å². The lowest BCUT2D eigenvalue weighted by atomic mass is 9.85. The zero-order valence-corrected chi connectivity index (χ0v) is 25.4. The molecule has 216 valence electrons. The highest BCUT2D eigenvalue weighted by Crippen LogP contribution is 2.45. The van der Waals surface area contributed by atoms with Crippen molar-refractivity contribution < 1.29 is 0 Å². The van der Waals surface area contributed by atoms with Gasteiger partial charge in [0, 0.05) is 16.6 Å². The van der Waals surface area contributed by atoms with Crippen LogP contribution in [0.2, 0.25) is 0 Å². The molecule has 0 fully saturated rings. The number of nitrogens with zero attached hydrogens (tertiary/aromatic N) is 3. The maximum atomic E-state index is 5.06. The molecule has 0 saturated carbocycles. The molecule has 0 atom stereocenters. The monoisotopic (exact) mass is 587 g/mol. The third kappa shape index (κ3) is 4.21. The third-order valence-corrected chi connectivity index (χ3v) is 9.10. The molecule has 0 unspecified atom stereocenters. The van der Waals surface area contributed by atoms with E-state index in [-0.39, 0.29) is 0 Å². The minimum Gasteiger partial charge on any atom is -0.297 e. The van der Waals surface area contributed by atoms with Crippen molar-refractivity contribution in [1.29, 1.82) is 0 Å². The standard InChI is InChI=1S/C43H29N3/c1-28-44-40-20-9-10-21-41(40)46(28)33-16-11-15-32(26-33)43-35-18-7-6-17-34(35)42(30-13-3-2-4-14-30)37-27-31(22-24-36(37)43)39-25-23-29-12-5-8-19-38(29)45-39/h2-27H,1H3. The van der Waals surface area contributed by atoms with Crippen molar-refractivity contribution in [2.45, 2.75) is 6.92 Å². The Bertz CT molecular complexity index is 2600. The summed E-state index contributed by atoms with van der Waals surface area (Å²) in [6.07, 6.45) is 0. The number of aryl methyl sites for hydroxylation is 1. The average molecular weight is 588 g/mol. The summed E-state index contributed by atoms with van der Waals surface area (Å²) >= 11 is 0. The van der Waals surface area contributed by atoms with Gasteiger partial charge in [-0.1, -0.05) is 115 Å². The van der Waals surface area contributed by atoms with Crippen molar-refractivity contribution in [1.82, 2.24) is 14.5 Å². The number of para-hydroxylation sites is 3. The van der Waals surface area contributed by atoms with Gasteiger partial charge in [-0.3, -0.25) is 4.57 Å². The molecule has 0 bridgehead atoms. The van der Waals surface area contributed by atoms with Crippen molar-refractivity contribution in [3.05, 3.63) is 164 Å². The summed E-state index contributed by atoms with van der Waals surface area (Å²) in [4.78, 5) is 9.91. The molecule has 2 heterocycles. The molecule has 46 heavy (non-hydrogen) atoms. The zero-order valence-electron chi connectivity index (χ0n) is 25.4. The van der Waals surface area contributed by atoms with Crippen molar-refractivity contribution in [2.24, 2.45) is 0 Å². The van der Waals surface area contributed by atoms with Gasteiger partial charge in [-0.15, -0.1) is 0 Å². The normalized spacial score (nSPS) is 11.6. The minimum absolute atomic E-state index is 0.971. The van der Waals surface area contributed by atoms with Crippen LogP contribution in [0.15, 0.2) is 158 Å². The first kappa shape index (κ1) is 26.4. The van der Waals surface area contributed by atoms with E-state index in [1.54, 1.807) is 0 Å². The Labute approximate surface area is 267 Å². The van der Waals surface area contributed by atoms with Crippen LogP contribution >= 0.6 is 0 Å². The summed E-state index contributed by atoms with van der Waals surface area (Å²) in [6, 6.07) is 56.3. The maximum Gasteiger partial charge on any atom is 0.111 e. The van der Waals surface area contributed by atoms with Gasteiger partial charge in [-0.25, -0.2) is 9.97 Å². The Morgan fingerprint density at radius 3 is 1.96 bits per heavy atom. The molecular formula is C43H29N3. The van der Waals surface area contributed by atoms with Crippen LogP contribution in [0.1, 0.15) is 5.82 Å². The minimum atomic E-state index is 0.971. The Hall–Kier alpha value is -6.06. The van der Waals surface area contributed by atoms with E-state index < -0.39 is 0 Å². The van der Waals surface area contributed by atoms with E-state index in [9.17, 15) is 0 Å². The molecule has 0 N–H and O–H groups in total. The molecule has 7 aromatic carbocycles. The predicted molar refractivity (Wildman–Crippen MR) is 192 cm³/mol. The quantitative estimate of drug-likeness (QED) is 0.192. The number of aromatic nitrogens is 3. The fourth-order valence-electron chi connectivity index (χ4n) is 7.06. The van der Waals surface area contributed by atoms with Crippen LogP contribution < -0.4 is 0 Å². The predicted octanol–water partition coefficient (Wildman–Crippen LogP) is 11.2. The topological polar surface area (TPSA) is 30.7 Å². The maximum absolute atomic E-state index is 5.06. The average Bonchev–Trinajstić information content (AvgIpc) is 3.46. The highest BCUT2D eigenvalue weighted by molar-refractivity contribution is 6.22. The highest BCUT2D eigenvalue weighted by Gasteiger charge is 2.19. The van der Waals surface area contributed by atoms with Gasteiger partial charge in [-0.05, 0) is 93.2 Å². The van der Waals surface area contributed by atoms with E-state index in [1.165, 1.54) is 43.8 Å². The van der Waals surface area contributed by atoms with Gasteiger partial charge in [0.1, 0.15) is 5.82 Å². The van der Waals surface area contributed by atoms with E-state index in [1.807, 2.05) is 12.1 Å².